The Hall–Kier alpha value is -0.440. The molecular formula is C8H5Cl3O2. The number of hydrogen-bond acceptors (Lipinski definition) is 2. The maximum absolute atomic E-state index is 11.0. The molecule has 0 fully saturated rings. The molecule has 0 bridgehead atoms. The third-order valence-corrected chi connectivity index (χ3v) is 1.78. The zero-order valence-corrected chi connectivity index (χ0v) is 8.60. The van der Waals surface area contributed by atoms with Gasteiger partial charge in [0.15, 0.2) is 0 Å². The van der Waals surface area contributed by atoms with Gasteiger partial charge in [-0.1, -0.05) is 34.8 Å². The van der Waals surface area contributed by atoms with Crippen molar-refractivity contribution in [1.82, 2.24) is 0 Å². The van der Waals surface area contributed by atoms with Crippen molar-refractivity contribution in [3.63, 3.8) is 0 Å². The van der Waals surface area contributed by atoms with Gasteiger partial charge in [0.05, 0.1) is 6.26 Å². The normalized spacial score (nSPS) is 12.2. The topological polar surface area (TPSA) is 30.2 Å². The first-order valence-corrected chi connectivity index (χ1v) is 4.46. The molecule has 0 saturated carbocycles. The number of alkyl halides is 3. The second-order valence-electron chi connectivity index (χ2n) is 2.21. The Kier molecular flexibility index (Phi) is 3.42. The summed E-state index contributed by atoms with van der Waals surface area (Å²) in [7, 11) is 0. The molecule has 0 amide bonds. The third-order valence-electron chi connectivity index (χ3n) is 1.22. The Morgan fingerprint density at radius 2 is 2.15 bits per heavy atom. The van der Waals surface area contributed by atoms with Crippen molar-refractivity contribution in [2.75, 3.05) is 0 Å². The van der Waals surface area contributed by atoms with Crippen LogP contribution >= 0.6 is 34.8 Å². The van der Waals surface area contributed by atoms with Crippen molar-refractivity contribution < 1.29 is 9.21 Å². The van der Waals surface area contributed by atoms with Crippen molar-refractivity contribution in [2.24, 2.45) is 0 Å². The molecule has 1 aromatic heterocycles. The lowest BCUT2D eigenvalue weighted by molar-refractivity contribution is -0.113. The summed E-state index contributed by atoms with van der Waals surface area (Å²) < 4.78 is 3.03. The molecule has 0 N–H and O–H groups in total. The van der Waals surface area contributed by atoms with E-state index in [2.05, 4.69) is 0 Å². The second-order valence-corrected chi connectivity index (χ2v) is 4.49. The molecule has 0 aliphatic heterocycles. The van der Waals surface area contributed by atoms with E-state index in [9.17, 15) is 4.79 Å². The van der Waals surface area contributed by atoms with Crippen LogP contribution in [0.2, 0.25) is 0 Å². The molecule has 0 spiro atoms. The summed E-state index contributed by atoms with van der Waals surface area (Å²) in [5.41, 5.74) is 0. The van der Waals surface area contributed by atoms with Gasteiger partial charge in [0.25, 0.3) is 3.79 Å². The summed E-state index contributed by atoms with van der Waals surface area (Å²) in [5.74, 6) is -0.0727. The monoisotopic (exact) mass is 238 g/mol. The Labute approximate surface area is 90.1 Å². The summed E-state index contributed by atoms with van der Waals surface area (Å²) >= 11 is 16.0. The fourth-order valence-electron chi connectivity index (χ4n) is 0.638. The Balaban J connectivity index is 2.65. The minimum Gasteiger partial charge on any atom is -0.465 e. The molecule has 1 heterocycles. The molecule has 5 heteroatoms. The van der Waals surface area contributed by atoms with Crippen LogP contribution in [0.3, 0.4) is 0 Å². The van der Waals surface area contributed by atoms with Gasteiger partial charge < -0.3 is 4.42 Å². The molecule has 0 atom stereocenters. The van der Waals surface area contributed by atoms with E-state index in [1.165, 1.54) is 12.3 Å². The summed E-state index contributed by atoms with van der Waals surface area (Å²) in [4.78, 5) is 11.0. The molecule has 0 aliphatic rings. The van der Waals surface area contributed by atoms with Crippen LogP contribution in [-0.4, -0.2) is 9.58 Å². The van der Waals surface area contributed by atoms with E-state index in [1.54, 1.807) is 12.1 Å². The molecule has 13 heavy (non-hydrogen) atoms. The van der Waals surface area contributed by atoms with Crippen LogP contribution in [0, 0.1) is 0 Å². The molecule has 0 aromatic carbocycles. The first kappa shape index (κ1) is 10.6. The Bertz CT molecular complexity index is 309. The zero-order chi connectivity index (χ0) is 9.90. The number of halogens is 3. The summed E-state index contributed by atoms with van der Waals surface area (Å²) in [6.45, 7) is 0. The number of rotatable bonds is 2. The van der Waals surface area contributed by atoms with Crippen molar-refractivity contribution in [2.45, 2.75) is 3.79 Å². The highest BCUT2D eigenvalue weighted by atomic mass is 35.6. The summed E-state index contributed by atoms with van der Waals surface area (Å²) in [6, 6.07) is 3.38. The first-order valence-electron chi connectivity index (χ1n) is 3.33. The second kappa shape index (κ2) is 4.18. The SMILES string of the molecule is O=C(/C=C/c1ccco1)C(Cl)(Cl)Cl. The number of allylic oxidation sites excluding steroid dienone is 1. The lowest BCUT2D eigenvalue weighted by Gasteiger charge is -2.03. The number of hydrogen-bond donors (Lipinski definition) is 0. The van der Waals surface area contributed by atoms with E-state index in [0.29, 0.717) is 5.76 Å². The molecule has 1 rings (SSSR count). The maximum Gasteiger partial charge on any atom is 0.252 e. The lowest BCUT2D eigenvalue weighted by Crippen LogP contribution is -2.15. The average Bonchev–Trinajstić information content (AvgIpc) is 2.50. The number of ketones is 1. The van der Waals surface area contributed by atoms with Gasteiger partial charge >= 0.3 is 0 Å². The van der Waals surface area contributed by atoms with Crippen LogP contribution < -0.4 is 0 Å². The first-order chi connectivity index (χ1) is 6.00. The van der Waals surface area contributed by atoms with Crippen molar-refractivity contribution in [3.05, 3.63) is 30.2 Å². The standard InChI is InChI=1S/C8H5Cl3O2/c9-8(10,11)7(12)4-3-6-2-1-5-13-6/h1-5H/b4-3+. The van der Waals surface area contributed by atoms with Crippen molar-refractivity contribution in [3.8, 4) is 0 Å². The van der Waals surface area contributed by atoms with Gasteiger partial charge in [-0.05, 0) is 24.3 Å². The highest BCUT2D eigenvalue weighted by Crippen LogP contribution is 2.27. The molecule has 0 unspecified atom stereocenters. The van der Waals surface area contributed by atoms with Gasteiger partial charge in [-0.3, -0.25) is 4.79 Å². The third kappa shape index (κ3) is 3.43. The van der Waals surface area contributed by atoms with Crippen LogP contribution in [0.15, 0.2) is 28.9 Å². The predicted octanol–water partition coefficient (Wildman–Crippen LogP) is 3.23. The minimum absolute atomic E-state index is 0.530. The van der Waals surface area contributed by atoms with E-state index in [0.717, 1.165) is 6.08 Å². The Morgan fingerprint density at radius 1 is 1.46 bits per heavy atom. The van der Waals surface area contributed by atoms with Crippen molar-refractivity contribution >= 4 is 46.7 Å². The van der Waals surface area contributed by atoms with Gasteiger partial charge in [-0.2, -0.15) is 0 Å². The van der Waals surface area contributed by atoms with Crippen LogP contribution in [0.25, 0.3) is 6.08 Å². The lowest BCUT2D eigenvalue weighted by atomic mass is 10.3. The zero-order valence-electron chi connectivity index (χ0n) is 6.34. The molecular weight excluding hydrogens is 234 g/mol. The van der Waals surface area contributed by atoms with Crippen LogP contribution in [0.1, 0.15) is 5.76 Å². The minimum atomic E-state index is -1.90. The fraction of sp³-hybridized carbons (Fsp3) is 0.125. The number of carbonyl (C=O) groups is 1. The summed E-state index contributed by atoms with van der Waals surface area (Å²) in [5, 5.41) is 0. The largest absolute Gasteiger partial charge is 0.465 e. The smallest absolute Gasteiger partial charge is 0.252 e. The molecule has 70 valence electrons. The van der Waals surface area contributed by atoms with Crippen LogP contribution in [0.5, 0.6) is 0 Å². The molecule has 0 aliphatic carbocycles. The van der Waals surface area contributed by atoms with E-state index in [4.69, 9.17) is 39.2 Å². The molecule has 0 radical (unpaired) electrons. The van der Waals surface area contributed by atoms with Gasteiger partial charge in [-0.15, -0.1) is 0 Å². The van der Waals surface area contributed by atoms with Crippen LogP contribution in [-0.2, 0) is 4.79 Å². The summed E-state index contributed by atoms with van der Waals surface area (Å²) in [6.07, 6.45) is 4.08. The quantitative estimate of drug-likeness (QED) is 0.586. The number of furan rings is 1. The highest BCUT2D eigenvalue weighted by molar-refractivity contribution is 6.77. The molecule has 0 saturated heterocycles. The molecule has 2 nitrogen and oxygen atoms in total. The van der Waals surface area contributed by atoms with Gasteiger partial charge in [0.1, 0.15) is 5.76 Å². The van der Waals surface area contributed by atoms with Crippen LogP contribution in [0.4, 0.5) is 0 Å². The van der Waals surface area contributed by atoms with Gasteiger partial charge in [0, 0.05) is 0 Å². The van der Waals surface area contributed by atoms with Gasteiger partial charge in [0.2, 0.25) is 5.78 Å². The van der Waals surface area contributed by atoms with E-state index in [-0.39, 0.29) is 0 Å². The highest BCUT2D eigenvalue weighted by Gasteiger charge is 2.27. The Morgan fingerprint density at radius 3 is 2.62 bits per heavy atom. The average molecular weight is 239 g/mol. The molecule has 1 aromatic rings. The van der Waals surface area contributed by atoms with E-state index in [1.807, 2.05) is 0 Å². The van der Waals surface area contributed by atoms with Gasteiger partial charge in [-0.25, -0.2) is 0 Å². The fourth-order valence-corrected chi connectivity index (χ4v) is 0.827. The van der Waals surface area contributed by atoms with E-state index >= 15 is 0 Å². The van der Waals surface area contributed by atoms with E-state index < -0.39 is 9.58 Å². The van der Waals surface area contributed by atoms with Crippen molar-refractivity contribution in [1.29, 1.82) is 0 Å². The predicted molar refractivity (Wildman–Crippen MR) is 53.0 cm³/mol. The number of carbonyl (C=O) groups excluding carboxylic acids is 1. The maximum atomic E-state index is 11.0.